The van der Waals surface area contributed by atoms with Crippen LogP contribution in [0.3, 0.4) is 0 Å². The Morgan fingerprint density at radius 2 is 0.513 bits per heavy atom. The van der Waals surface area contributed by atoms with E-state index >= 15 is 0 Å². The molecule has 0 aliphatic rings. The molecule has 0 amide bonds. The van der Waals surface area contributed by atoms with E-state index in [0.29, 0.717) is 19.3 Å². The van der Waals surface area contributed by atoms with E-state index in [1.807, 2.05) is 0 Å². The van der Waals surface area contributed by atoms with Gasteiger partial charge in [0.2, 0.25) is 0 Å². The number of hydrogen-bond donors (Lipinski definition) is 0. The van der Waals surface area contributed by atoms with E-state index in [1.165, 1.54) is 199 Å². The van der Waals surface area contributed by atoms with Crippen molar-refractivity contribution in [3.63, 3.8) is 0 Å². The molecule has 0 aliphatic carbocycles. The summed E-state index contributed by atoms with van der Waals surface area (Å²) in [6.07, 6.45) is 86.5. The normalized spacial score (nSPS) is 12.5. The summed E-state index contributed by atoms with van der Waals surface area (Å²) in [6.45, 7) is 6.52. The van der Waals surface area contributed by atoms with Crippen molar-refractivity contribution in [3.8, 4) is 0 Å². The first-order chi connectivity index (χ1) is 38.5. The molecule has 0 aromatic rings. The summed E-state index contributed by atoms with van der Waals surface area (Å²) in [7, 11) is 0. The molecule has 0 rings (SSSR count). The van der Waals surface area contributed by atoms with Gasteiger partial charge in [0.15, 0.2) is 6.10 Å². The van der Waals surface area contributed by atoms with Crippen LogP contribution in [0.15, 0.2) is 72.9 Å². The molecule has 0 aromatic heterocycles. The monoisotopic (exact) mass is 1090 g/mol. The van der Waals surface area contributed by atoms with Gasteiger partial charge >= 0.3 is 17.9 Å². The molecular formula is C72H128O6. The van der Waals surface area contributed by atoms with Gasteiger partial charge in [0.1, 0.15) is 13.2 Å². The third-order valence-electron chi connectivity index (χ3n) is 14.9. The fraction of sp³-hybridized carbons (Fsp3) is 0.792. The van der Waals surface area contributed by atoms with Crippen molar-refractivity contribution in [1.29, 1.82) is 0 Å². The Balaban J connectivity index is 4.10. The number of ether oxygens (including phenoxy) is 3. The molecule has 6 heteroatoms. The van der Waals surface area contributed by atoms with Gasteiger partial charge in [-0.05, 0) is 83.5 Å². The number of rotatable bonds is 62. The predicted octanol–water partition coefficient (Wildman–Crippen LogP) is 23.3. The Morgan fingerprint density at radius 1 is 0.269 bits per heavy atom. The topological polar surface area (TPSA) is 78.9 Å². The summed E-state index contributed by atoms with van der Waals surface area (Å²) in [5.41, 5.74) is 0. The first-order valence-corrected chi connectivity index (χ1v) is 33.9. The van der Waals surface area contributed by atoms with E-state index in [1.54, 1.807) is 0 Å². The van der Waals surface area contributed by atoms with Gasteiger partial charge in [-0.2, -0.15) is 0 Å². The lowest BCUT2D eigenvalue weighted by Gasteiger charge is -2.18. The van der Waals surface area contributed by atoms with Crippen LogP contribution < -0.4 is 0 Å². The highest BCUT2D eigenvalue weighted by molar-refractivity contribution is 5.71. The van der Waals surface area contributed by atoms with Crippen molar-refractivity contribution < 1.29 is 28.6 Å². The molecule has 1 unspecified atom stereocenters. The summed E-state index contributed by atoms with van der Waals surface area (Å²) in [6, 6.07) is 0. The zero-order valence-corrected chi connectivity index (χ0v) is 51.9. The van der Waals surface area contributed by atoms with Crippen LogP contribution in [0.2, 0.25) is 0 Å². The maximum Gasteiger partial charge on any atom is 0.306 e. The number of unbranched alkanes of at least 4 members (excludes halogenated alkanes) is 39. The summed E-state index contributed by atoms with van der Waals surface area (Å²) in [4.78, 5) is 38.3. The lowest BCUT2D eigenvalue weighted by atomic mass is 10.0. The molecule has 0 saturated carbocycles. The van der Waals surface area contributed by atoms with Gasteiger partial charge in [-0.25, -0.2) is 0 Å². The average molecular weight is 1090 g/mol. The zero-order chi connectivity index (χ0) is 56.4. The van der Waals surface area contributed by atoms with E-state index in [2.05, 4.69) is 93.7 Å². The fourth-order valence-electron chi connectivity index (χ4n) is 9.87. The number of esters is 3. The molecule has 0 aliphatic heterocycles. The van der Waals surface area contributed by atoms with Gasteiger partial charge in [0, 0.05) is 19.3 Å². The van der Waals surface area contributed by atoms with E-state index in [9.17, 15) is 14.4 Å². The maximum atomic E-state index is 12.9. The number of hydrogen-bond acceptors (Lipinski definition) is 6. The van der Waals surface area contributed by atoms with E-state index in [-0.39, 0.29) is 31.1 Å². The minimum absolute atomic E-state index is 0.0752. The van der Waals surface area contributed by atoms with Crippen LogP contribution >= 0.6 is 0 Å². The standard InChI is InChI=1S/C72H128O6/c1-4-7-10-13-16-19-22-25-27-28-29-30-31-32-33-34-35-36-37-38-39-40-41-42-43-44-45-48-50-53-56-59-62-65-71(74)77-68-69(67-76-70(73)64-61-58-55-52-49-46-24-21-18-15-12-9-6-3)78-72(75)66-63-60-57-54-51-47-26-23-20-17-14-11-8-5-2/h7,10,14,16-17,19,23,25-27,29-30,69H,4-6,8-9,11-13,15,18,20-22,24,28,31-68H2,1-3H3/b10-7-,17-14-,19-16-,26-23-,27-25-,30-29-. The summed E-state index contributed by atoms with van der Waals surface area (Å²) >= 11 is 0. The Labute approximate surface area is 484 Å². The van der Waals surface area contributed by atoms with E-state index < -0.39 is 6.10 Å². The molecule has 0 fully saturated rings. The minimum atomic E-state index is -0.779. The summed E-state index contributed by atoms with van der Waals surface area (Å²) in [5.74, 6) is -0.870. The van der Waals surface area contributed by atoms with Crippen LogP contribution in [-0.2, 0) is 28.6 Å². The number of carbonyl (C=O) groups is 3. The molecule has 0 aromatic carbocycles. The van der Waals surface area contributed by atoms with Gasteiger partial charge < -0.3 is 14.2 Å². The van der Waals surface area contributed by atoms with Crippen LogP contribution in [0.1, 0.15) is 348 Å². The van der Waals surface area contributed by atoms with Crippen molar-refractivity contribution >= 4 is 17.9 Å². The molecule has 452 valence electrons. The smallest absolute Gasteiger partial charge is 0.306 e. The molecule has 0 spiro atoms. The predicted molar refractivity (Wildman–Crippen MR) is 339 cm³/mol. The maximum absolute atomic E-state index is 12.9. The van der Waals surface area contributed by atoms with Crippen LogP contribution in [0.25, 0.3) is 0 Å². The van der Waals surface area contributed by atoms with Gasteiger partial charge in [0.25, 0.3) is 0 Å². The largest absolute Gasteiger partial charge is 0.462 e. The molecule has 1 atom stereocenters. The van der Waals surface area contributed by atoms with Gasteiger partial charge in [-0.1, -0.05) is 318 Å². The number of carbonyl (C=O) groups excluding carboxylic acids is 3. The van der Waals surface area contributed by atoms with Gasteiger partial charge in [-0.15, -0.1) is 0 Å². The fourth-order valence-corrected chi connectivity index (χ4v) is 9.87. The highest BCUT2D eigenvalue weighted by Crippen LogP contribution is 2.18. The minimum Gasteiger partial charge on any atom is -0.462 e. The van der Waals surface area contributed by atoms with Crippen molar-refractivity contribution in [3.05, 3.63) is 72.9 Å². The highest BCUT2D eigenvalue weighted by atomic mass is 16.6. The quantitative estimate of drug-likeness (QED) is 0.0261. The van der Waals surface area contributed by atoms with Gasteiger partial charge in [0.05, 0.1) is 0 Å². The van der Waals surface area contributed by atoms with Crippen LogP contribution in [0.5, 0.6) is 0 Å². The zero-order valence-electron chi connectivity index (χ0n) is 51.9. The number of allylic oxidation sites excluding steroid dienone is 12. The molecule has 78 heavy (non-hydrogen) atoms. The average Bonchev–Trinajstić information content (AvgIpc) is 3.44. The third kappa shape index (κ3) is 63.7. The first-order valence-electron chi connectivity index (χ1n) is 33.9. The van der Waals surface area contributed by atoms with Gasteiger partial charge in [-0.3, -0.25) is 14.4 Å². The molecular weight excluding hydrogens is 961 g/mol. The highest BCUT2D eigenvalue weighted by Gasteiger charge is 2.19. The van der Waals surface area contributed by atoms with Crippen LogP contribution in [0, 0.1) is 0 Å². The SMILES string of the molecule is CC/C=C\C/C=C\C/C=C\C/C=C\CCCCCCCCCCCCCCCCCCCCCCC(=O)OCC(COC(=O)CCCCCCCCCCCCCCC)OC(=O)CCCCCCC/C=C\C/C=C\CCCC. The molecule has 0 saturated heterocycles. The molecule has 6 nitrogen and oxygen atoms in total. The first kappa shape index (κ1) is 74.8. The second kappa shape index (κ2) is 66.4. The van der Waals surface area contributed by atoms with Crippen molar-refractivity contribution in [2.75, 3.05) is 13.2 Å². The Morgan fingerprint density at radius 3 is 0.821 bits per heavy atom. The second-order valence-corrected chi connectivity index (χ2v) is 22.7. The molecule has 0 radical (unpaired) electrons. The van der Waals surface area contributed by atoms with Crippen molar-refractivity contribution in [2.24, 2.45) is 0 Å². The second-order valence-electron chi connectivity index (χ2n) is 22.7. The summed E-state index contributed by atoms with van der Waals surface area (Å²) in [5, 5.41) is 0. The lowest BCUT2D eigenvalue weighted by molar-refractivity contribution is -0.167. The van der Waals surface area contributed by atoms with Crippen LogP contribution in [-0.4, -0.2) is 37.2 Å². The van der Waals surface area contributed by atoms with Crippen molar-refractivity contribution in [2.45, 2.75) is 354 Å². The molecule has 0 heterocycles. The van der Waals surface area contributed by atoms with Crippen LogP contribution in [0.4, 0.5) is 0 Å². The lowest BCUT2D eigenvalue weighted by Crippen LogP contribution is -2.30. The Hall–Kier alpha value is -3.15. The molecule has 0 bridgehead atoms. The van der Waals surface area contributed by atoms with E-state index in [4.69, 9.17) is 14.2 Å². The van der Waals surface area contributed by atoms with Crippen molar-refractivity contribution in [1.82, 2.24) is 0 Å². The Bertz CT molecular complexity index is 1440. The van der Waals surface area contributed by atoms with E-state index in [0.717, 1.165) is 109 Å². The Kier molecular flexibility index (Phi) is 63.7. The summed E-state index contributed by atoms with van der Waals surface area (Å²) < 4.78 is 16.9. The molecule has 0 N–H and O–H groups in total. The third-order valence-corrected chi connectivity index (χ3v) is 14.9.